The number of nitrogens with one attached hydrogen (secondary N) is 1. The summed E-state index contributed by atoms with van der Waals surface area (Å²) in [4.78, 5) is 10.7. The van der Waals surface area contributed by atoms with Crippen LogP contribution in [0.25, 0.3) is 0 Å². The zero-order valence-corrected chi connectivity index (χ0v) is 10.9. The lowest BCUT2D eigenvalue weighted by Crippen LogP contribution is -2.28. The third-order valence-electron chi connectivity index (χ3n) is 2.67. The van der Waals surface area contributed by atoms with E-state index in [-0.39, 0.29) is 6.61 Å². The van der Waals surface area contributed by atoms with Crippen LogP contribution in [0.1, 0.15) is 26.3 Å². The normalized spacial score (nSPS) is 10.4. The Bertz CT molecular complexity index is 343. The van der Waals surface area contributed by atoms with Gasteiger partial charge in [-0.3, -0.25) is 0 Å². The lowest BCUT2D eigenvalue weighted by molar-refractivity contribution is 0.302. The molecule has 5 heteroatoms. The molecule has 0 saturated heterocycles. The second kappa shape index (κ2) is 7.06. The number of aliphatic hydroxyl groups excluding tert-OH is 1. The van der Waals surface area contributed by atoms with Crippen molar-refractivity contribution in [3.8, 4) is 0 Å². The maximum Gasteiger partial charge on any atom is 0.137 e. The number of rotatable bonds is 7. The Labute approximate surface area is 103 Å². The molecule has 0 radical (unpaired) electrons. The highest BCUT2D eigenvalue weighted by atomic mass is 16.3. The number of aromatic nitrogens is 2. The summed E-state index contributed by atoms with van der Waals surface area (Å²) in [5.74, 6) is 1.83. The minimum Gasteiger partial charge on any atom is -0.395 e. The van der Waals surface area contributed by atoms with E-state index in [0.29, 0.717) is 6.54 Å². The number of nitrogens with zero attached hydrogens (tertiary/aromatic N) is 3. The molecule has 0 aliphatic heterocycles. The van der Waals surface area contributed by atoms with Crippen LogP contribution in [-0.2, 0) is 6.42 Å². The maximum atomic E-state index is 9.06. The molecule has 96 valence electrons. The largest absolute Gasteiger partial charge is 0.395 e. The average Bonchev–Trinajstić information content (AvgIpc) is 2.36. The third kappa shape index (κ3) is 3.30. The van der Waals surface area contributed by atoms with Crippen molar-refractivity contribution in [3.05, 3.63) is 11.9 Å². The van der Waals surface area contributed by atoms with Crippen LogP contribution in [0.5, 0.6) is 0 Å². The summed E-state index contributed by atoms with van der Waals surface area (Å²) in [5.41, 5.74) is 1.12. The lowest BCUT2D eigenvalue weighted by Gasteiger charge is -2.24. The summed E-state index contributed by atoms with van der Waals surface area (Å²) in [6.07, 6.45) is 2.45. The lowest BCUT2D eigenvalue weighted by atomic mass is 10.2. The molecule has 0 spiro atoms. The summed E-state index contributed by atoms with van der Waals surface area (Å²) in [5, 5.41) is 12.3. The molecule has 17 heavy (non-hydrogen) atoms. The minimum atomic E-state index is 0.136. The van der Waals surface area contributed by atoms with Crippen molar-refractivity contribution in [1.82, 2.24) is 9.97 Å². The SMILES string of the molecule is CCNc1ncnc(N(CC)CCO)c1CC. The molecule has 0 amide bonds. The summed E-state index contributed by atoms with van der Waals surface area (Å²) in [6, 6.07) is 0. The first-order valence-electron chi connectivity index (χ1n) is 6.21. The molecule has 0 unspecified atom stereocenters. The van der Waals surface area contributed by atoms with E-state index in [4.69, 9.17) is 5.11 Å². The molecule has 1 aromatic rings. The Kier molecular flexibility index (Phi) is 5.69. The van der Waals surface area contributed by atoms with Crippen LogP contribution >= 0.6 is 0 Å². The van der Waals surface area contributed by atoms with Gasteiger partial charge in [0.05, 0.1) is 6.61 Å². The fourth-order valence-corrected chi connectivity index (χ4v) is 1.86. The molecule has 0 aromatic carbocycles. The van der Waals surface area contributed by atoms with E-state index in [9.17, 15) is 0 Å². The summed E-state index contributed by atoms with van der Waals surface area (Å²) < 4.78 is 0. The third-order valence-corrected chi connectivity index (χ3v) is 2.67. The quantitative estimate of drug-likeness (QED) is 0.749. The van der Waals surface area contributed by atoms with E-state index in [0.717, 1.165) is 36.7 Å². The van der Waals surface area contributed by atoms with Gasteiger partial charge < -0.3 is 15.3 Å². The first-order valence-corrected chi connectivity index (χ1v) is 6.21. The van der Waals surface area contributed by atoms with E-state index in [1.807, 2.05) is 6.92 Å². The number of hydrogen-bond acceptors (Lipinski definition) is 5. The molecule has 0 atom stereocenters. The maximum absolute atomic E-state index is 9.06. The van der Waals surface area contributed by atoms with E-state index in [2.05, 4.69) is 34.0 Å². The highest BCUT2D eigenvalue weighted by molar-refractivity contribution is 5.58. The van der Waals surface area contributed by atoms with Crippen molar-refractivity contribution in [2.24, 2.45) is 0 Å². The molecule has 1 aromatic heterocycles. The first-order chi connectivity index (χ1) is 8.28. The molecule has 0 bridgehead atoms. The van der Waals surface area contributed by atoms with Crippen molar-refractivity contribution in [3.63, 3.8) is 0 Å². The van der Waals surface area contributed by atoms with Gasteiger partial charge in [-0.25, -0.2) is 9.97 Å². The minimum absolute atomic E-state index is 0.136. The van der Waals surface area contributed by atoms with Crippen LogP contribution in [0.2, 0.25) is 0 Å². The topological polar surface area (TPSA) is 61.3 Å². The molecular weight excluding hydrogens is 216 g/mol. The van der Waals surface area contributed by atoms with Gasteiger partial charge in [0.2, 0.25) is 0 Å². The van der Waals surface area contributed by atoms with Gasteiger partial charge >= 0.3 is 0 Å². The average molecular weight is 238 g/mol. The van der Waals surface area contributed by atoms with Crippen LogP contribution < -0.4 is 10.2 Å². The zero-order valence-electron chi connectivity index (χ0n) is 10.9. The predicted molar refractivity (Wildman–Crippen MR) is 70.5 cm³/mol. The van der Waals surface area contributed by atoms with Crippen molar-refractivity contribution in [2.45, 2.75) is 27.2 Å². The second-order valence-corrected chi connectivity index (χ2v) is 3.71. The molecule has 2 N–H and O–H groups in total. The molecule has 1 rings (SSSR count). The number of hydrogen-bond donors (Lipinski definition) is 2. The van der Waals surface area contributed by atoms with Gasteiger partial charge in [0, 0.05) is 25.2 Å². The van der Waals surface area contributed by atoms with Crippen LogP contribution in [-0.4, -0.2) is 41.3 Å². The molecular formula is C12H22N4O. The van der Waals surface area contributed by atoms with Crippen LogP contribution in [0.4, 0.5) is 11.6 Å². The van der Waals surface area contributed by atoms with Crippen molar-refractivity contribution < 1.29 is 5.11 Å². The monoisotopic (exact) mass is 238 g/mol. The second-order valence-electron chi connectivity index (χ2n) is 3.71. The first kappa shape index (κ1) is 13.7. The molecule has 5 nitrogen and oxygen atoms in total. The van der Waals surface area contributed by atoms with Gasteiger partial charge in [-0.15, -0.1) is 0 Å². The summed E-state index contributed by atoms with van der Waals surface area (Å²) in [7, 11) is 0. The van der Waals surface area contributed by atoms with E-state index in [1.165, 1.54) is 0 Å². The predicted octanol–water partition coefficient (Wildman–Crippen LogP) is 1.29. The van der Waals surface area contributed by atoms with Gasteiger partial charge in [0.25, 0.3) is 0 Å². The Morgan fingerprint density at radius 3 is 2.59 bits per heavy atom. The molecule has 0 fully saturated rings. The Balaban J connectivity index is 3.08. The summed E-state index contributed by atoms with van der Waals surface area (Å²) >= 11 is 0. The number of anilines is 2. The fraction of sp³-hybridized carbons (Fsp3) is 0.667. The highest BCUT2D eigenvalue weighted by Crippen LogP contribution is 2.23. The highest BCUT2D eigenvalue weighted by Gasteiger charge is 2.14. The van der Waals surface area contributed by atoms with Gasteiger partial charge in [-0.1, -0.05) is 6.92 Å². The fourth-order valence-electron chi connectivity index (χ4n) is 1.86. The van der Waals surface area contributed by atoms with Crippen LogP contribution in [0, 0.1) is 0 Å². The van der Waals surface area contributed by atoms with Crippen molar-refractivity contribution in [2.75, 3.05) is 36.5 Å². The number of aliphatic hydroxyl groups is 1. The molecule has 1 heterocycles. The van der Waals surface area contributed by atoms with E-state index in [1.54, 1.807) is 6.33 Å². The Morgan fingerprint density at radius 1 is 1.29 bits per heavy atom. The molecule has 0 saturated carbocycles. The molecule has 0 aliphatic rings. The summed E-state index contributed by atoms with van der Waals surface area (Å²) in [6.45, 7) is 8.61. The van der Waals surface area contributed by atoms with Crippen molar-refractivity contribution >= 4 is 11.6 Å². The van der Waals surface area contributed by atoms with E-state index >= 15 is 0 Å². The van der Waals surface area contributed by atoms with Gasteiger partial charge in [0.15, 0.2) is 0 Å². The van der Waals surface area contributed by atoms with Gasteiger partial charge in [-0.05, 0) is 20.3 Å². The van der Waals surface area contributed by atoms with Crippen LogP contribution in [0.15, 0.2) is 6.33 Å². The zero-order chi connectivity index (χ0) is 12.7. The standard InChI is InChI=1S/C12H22N4O/c1-4-10-11(13-5-2)14-9-15-12(10)16(6-3)7-8-17/h9,17H,4-8H2,1-3H3,(H,13,14,15). The Hall–Kier alpha value is -1.36. The molecule has 0 aliphatic carbocycles. The smallest absolute Gasteiger partial charge is 0.137 e. The van der Waals surface area contributed by atoms with E-state index < -0.39 is 0 Å². The Morgan fingerprint density at radius 2 is 2.06 bits per heavy atom. The van der Waals surface area contributed by atoms with Gasteiger partial charge in [-0.2, -0.15) is 0 Å². The van der Waals surface area contributed by atoms with Crippen molar-refractivity contribution in [1.29, 1.82) is 0 Å². The van der Waals surface area contributed by atoms with Gasteiger partial charge in [0.1, 0.15) is 18.0 Å². The van der Waals surface area contributed by atoms with Crippen LogP contribution in [0.3, 0.4) is 0 Å². The number of likely N-dealkylation sites (N-methyl/N-ethyl adjacent to an activating group) is 1.